The van der Waals surface area contributed by atoms with Crippen LogP contribution in [0.4, 0.5) is 4.39 Å². The van der Waals surface area contributed by atoms with E-state index in [0.29, 0.717) is 11.8 Å². The lowest BCUT2D eigenvalue weighted by Gasteiger charge is -2.14. The van der Waals surface area contributed by atoms with Gasteiger partial charge in [0.1, 0.15) is 6.29 Å². The van der Waals surface area contributed by atoms with Crippen molar-refractivity contribution in [2.75, 3.05) is 0 Å². The molecule has 1 unspecified atom stereocenters. The average molecular weight is 272 g/mol. The maximum Gasteiger partial charge on any atom is 0.202 e. The van der Waals surface area contributed by atoms with E-state index in [4.69, 9.17) is 4.74 Å². The molecule has 0 N–H and O–H groups in total. The molecule has 0 radical (unpaired) electrons. The summed E-state index contributed by atoms with van der Waals surface area (Å²) in [6.07, 6.45) is -0.264. The molecule has 0 aliphatic carbocycles. The maximum absolute atomic E-state index is 13.7. The minimum atomic E-state index is -0.811. The van der Waals surface area contributed by atoms with Crippen molar-refractivity contribution in [1.29, 1.82) is 0 Å². The zero-order valence-electron chi connectivity index (χ0n) is 10.9. The van der Waals surface area contributed by atoms with Crippen LogP contribution < -0.4 is 4.74 Å². The summed E-state index contributed by atoms with van der Waals surface area (Å²) in [6, 6.07) is 12.5. The summed E-state index contributed by atoms with van der Waals surface area (Å²) in [5.41, 5.74) is 0.724. The Morgan fingerprint density at radius 2 is 1.90 bits per heavy atom. The predicted octanol–water partition coefficient (Wildman–Crippen LogP) is 3.29. The van der Waals surface area contributed by atoms with Crippen molar-refractivity contribution >= 4 is 12.1 Å². The molecule has 0 aliphatic rings. The lowest BCUT2D eigenvalue weighted by molar-refractivity contribution is 0.0812. The summed E-state index contributed by atoms with van der Waals surface area (Å²) in [5.74, 6) is -0.945. The molecule has 2 aromatic rings. The predicted molar refractivity (Wildman–Crippen MR) is 72.7 cm³/mol. The first-order chi connectivity index (χ1) is 9.61. The highest BCUT2D eigenvalue weighted by atomic mass is 19.1. The number of carbonyl (C=O) groups is 2. The highest BCUT2D eigenvalue weighted by Crippen LogP contribution is 2.20. The third kappa shape index (κ3) is 3.09. The van der Waals surface area contributed by atoms with Gasteiger partial charge in [-0.05, 0) is 25.1 Å². The first kappa shape index (κ1) is 13.9. The van der Waals surface area contributed by atoms with E-state index in [1.165, 1.54) is 12.1 Å². The number of aldehydes is 1. The van der Waals surface area contributed by atoms with Gasteiger partial charge in [0.25, 0.3) is 0 Å². The Morgan fingerprint density at radius 1 is 1.20 bits per heavy atom. The molecule has 0 saturated carbocycles. The Balaban J connectivity index is 2.14. The fourth-order valence-electron chi connectivity index (χ4n) is 1.77. The second kappa shape index (κ2) is 6.10. The van der Waals surface area contributed by atoms with E-state index in [2.05, 4.69) is 0 Å². The first-order valence-electron chi connectivity index (χ1n) is 6.12. The van der Waals surface area contributed by atoms with E-state index in [9.17, 15) is 14.0 Å². The molecule has 2 rings (SSSR count). The molecule has 0 spiro atoms. The summed E-state index contributed by atoms with van der Waals surface area (Å²) in [7, 11) is 0. The molecule has 0 aliphatic heterocycles. The van der Waals surface area contributed by atoms with E-state index in [1.807, 2.05) is 0 Å². The standard InChI is InChI=1S/C16H13FO3/c1-11(16(19)13-5-3-2-4-6-13)20-15-8-7-12(10-18)9-14(15)17/h2-11H,1H3. The van der Waals surface area contributed by atoms with E-state index >= 15 is 0 Å². The van der Waals surface area contributed by atoms with Crippen LogP contribution in [0.1, 0.15) is 27.6 Å². The first-order valence-corrected chi connectivity index (χ1v) is 6.12. The second-order valence-electron chi connectivity index (χ2n) is 4.30. The number of carbonyl (C=O) groups excluding carboxylic acids is 2. The summed E-state index contributed by atoms with van der Waals surface area (Å²) in [4.78, 5) is 22.6. The van der Waals surface area contributed by atoms with Crippen LogP contribution in [0.2, 0.25) is 0 Å². The van der Waals surface area contributed by atoms with Crippen LogP contribution in [0.25, 0.3) is 0 Å². The van der Waals surface area contributed by atoms with Gasteiger partial charge in [-0.25, -0.2) is 4.39 Å². The number of benzene rings is 2. The number of hydrogen-bond acceptors (Lipinski definition) is 3. The molecule has 0 saturated heterocycles. The Labute approximate surface area is 116 Å². The van der Waals surface area contributed by atoms with Crippen LogP contribution in [-0.4, -0.2) is 18.2 Å². The van der Waals surface area contributed by atoms with Crippen molar-refractivity contribution in [3.05, 3.63) is 65.5 Å². The van der Waals surface area contributed by atoms with Gasteiger partial charge >= 0.3 is 0 Å². The average Bonchev–Trinajstić information content (AvgIpc) is 2.49. The number of rotatable bonds is 5. The van der Waals surface area contributed by atoms with Gasteiger partial charge in [-0.1, -0.05) is 30.3 Å². The van der Waals surface area contributed by atoms with Gasteiger partial charge in [0.05, 0.1) is 0 Å². The van der Waals surface area contributed by atoms with Gasteiger partial charge in [0, 0.05) is 11.1 Å². The van der Waals surface area contributed by atoms with E-state index in [0.717, 1.165) is 6.07 Å². The van der Waals surface area contributed by atoms with Crippen molar-refractivity contribution in [1.82, 2.24) is 0 Å². The van der Waals surface area contributed by atoms with Gasteiger partial charge in [0.15, 0.2) is 17.7 Å². The van der Waals surface area contributed by atoms with Crippen molar-refractivity contribution in [3.8, 4) is 5.75 Å². The Morgan fingerprint density at radius 3 is 2.50 bits per heavy atom. The zero-order chi connectivity index (χ0) is 14.5. The Hall–Kier alpha value is -2.49. The molecule has 3 nitrogen and oxygen atoms in total. The van der Waals surface area contributed by atoms with Gasteiger partial charge in [0.2, 0.25) is 5.78 Å². The lowest BCUT2D eigenvalue weighted by atomic mass is 10.1. The lowest BCUT2D eigenvalue weighted by Crippen LogP contribution is -2.24. The Bertz CT molecular complexity index is 623. The fourth-order valence-corrected chi connectivity index (χ4v) is 1.77. The molecule has 4 heteroatoms. The summed E-state index contributed by atoms with van der Waals surface area (Å²) >= 11 is 0. The monoisotopic (exact) mass is 272 g/mol. The Kier molecular flexibility index (Phi) is 4.25. The molecular formula is C16H13FO3. The molecule has 20 heavy (non-hydrogen) atoms. The van der Waals surface area contributed by atoms with Gasteiger partial charge in [-0.2, -0.15) is 0 Å². The highest BCUT2D eigenvalue weighted by molar-refractivity contribution is 5.99. The van der Waals surface area contributed by atoms with E-state index < -0.39 is 11.9 Å². The molecule has 0 fully saturated rings. The third-order valence-corrected chi connectivity index (χ3v) is 2.82. The van der Waals surface area contributed by atoms with Gasteiger partial charge in [-0.3, -0.25) is 9.59 Å². The summed E-state index contributed by atoms with van der Waals surface area (Å²) in [5, 5.41) is 0. The molecule has 0 heterocycles. The number of ether oxygens (including phenoxy) is 1. The van der Waals surface area contributed by atoms with Crippen LogP contribution in [0.5, 0.6) is 5.75 Å². The van der Waals surface area contributed by atoms with E-state index in [1.54, 1.807) is 37.3 Å². The second-order valence-corrected chi connectivity index (χ2v) is 4.30. The quantitative estimate of drug-likeness (QED) is 0.619. The highest BCUT2D eigenvalue weighted by Gasteiger charge is 2.18. The molecule has 102 valence electrons. The van der Waals surface area contributed by atoms with Crippen LogP contribution >= 0.6 is 0 Å². The van der Waals surface area contributed by atoms with Crippen LogP contribution in [0.15, 0.2) is 48.5 Å². The molecule has 0 amide bonds. The number of halogens is 1. The molecule has 0 bridgehead atoms. The minimum Gasteiger partial charge on any atom is -0.479 e. The third-order valence-electron chi connectivity index (χ3n) is 2.82. The topological polar surface area (TPSA) is 43.4 Å². The molecule has 2 aromatic carbocycles. The molecule has 0 aromatic heterocycles. The van der Waals surface area contributed by atoms with Crippen LogP contribution in [-0.2, 0) is 0 Å². The van der Waals surface area contributed by atoms with Gasteiger partial charge < -0.3 is 4.74 Å². The van der Waals surface area contributed by atoms with Crippen LogP contribution in [0, 0.1) is 5.82 Å². The van der Waals surface area contributed by atoms with Crippen LogP contribution in [0.3, 0.4) is 0 Å². The van der Waals surface area contributed by atoms with Crippen molar-refractivity contribution in [2.45, 2.75) is 13.0 Å². The van der Waals surface area contributed by atoms with Crippen molar-refractivity contribution < 1.29 is 18.7 Å². The number of Topliss-reactive ketones (excluding diaryl/α,β-unsaturated/α-hetero) is 1. The van der Waals surface area contributed by atoms with Gasteiger partial charge in [-0.15, -0.1) is 0 Å². The number of hydrogen-bond donors (Lipinski definition) is 0. The zero-order valence-corrected chi connectivity index (χ0v) is 10.9. The van der Waals surface area contributed by atoms with Crippen molar-refractivity contribution in [2.24, 2.45) is 0 Å². The summed E-state index contributed by atoms with van der Waals surface area (Å²) in [6.45, 7) is 1.56. The SMILES string of the molecule is CC(Oc1ccc(C=O)cc1F)C(=O)c1ccccc1. The number of ketones is 1. The smallest absolute Gasteiger partial charge is 0.202 e. The normalized spacial score (nSPS) is 11.7. The van der Waals surface area contributed by atoms with Crippen molar-refractivity contribution in [3.63, 3.8) is 0 Å². The maximum atomic E-state index is 13.7. The fraction of sp³-hybridized carbons (Fsp3) is 0.125. The van der Waals surface area contributed by atoms with E-state index in [-0.39, 0.29) is 17.1 Å². The molecular weight excluding hydrogens is 259 g/mol. The minimum absolute atomic E-state index is 0.0487. The summed E-state index contributed by atoms with van der Waals surface area (Å²) < 4.78 is 19.0. The largest absolute Gasteiger partial charge is 0.479 e. The molecule has 1 atom stereocenters.